The topological polar surface area (TPSA) is 24.1 Å². The van der Waals surface area contributed by atoms with Crippen LogP contribution in [0.15, 0.2) is 0 Å². The van der Waals surface area contributed by atoms with Crippen molar-refractivity contribution in [3.05, 3.63) is 0 Å². The number of thiocarbonyl (C=S) groups is 1. The molecule has 0 saturated carbocycles. The van der Waals surface area contributed by atoms with Crippen LogP contribution in [0.3, 0.4) is 0 Å². The molecule has 1 rings (SSSR count). The van der Waals surface area contributed by atoms with Crippen LogP contribution in [0.25, 0.3) is 0 Å². The Kier molecular flexibility index (Phi) is 3.09. The van der Waals surface area contributed by atoms with Crippen molar-refractivity contribution >= 4 is 17.2 Å². The second-order valence-electron chi connectivity index (χ2n) is 2.54. The van der Waals surface area contributed by atoms with Crippen molar-refractivity contribution < 1.29 is 0 Å². The molecule has 0 amide bonds. The van der Waals surface area contributed by atoms with Crippen LogP contribution >= 0.6 is 12.2 Å². The molecule has 0 spiro atoms. The summed E-state index contributed by atoms with van der Waals surface area (Å²) < 4.78 is 0. The second-order valence-corrected chi connectivity index (χ2v) is 2.98. The summed E-state index contributed by atoms with van der Waals surface area (Å²) in [6.45, 7) is 4.13. The van der Waals surface area contributed by atoms with Gasteiger partial charge in [-0.15, -0.1) is 0 Å². The van der Waals surface area contributed by atoms with Gasteiger partial charge in [0.15, 0.2) is 0 Å². The predicted molar refractivity (Wildman–Crippen MR) is 47.3 cm³/mol. The third kappa shape index (κ3) is 1.92. The molecule has 1 atom stereocenters. The van der Waals surface area contributed by atoms with Gasteiger partial charge in [0.25, 0.3) is 0 Å². The molecule has 0 unspecified atom stereocenters. The molecule has 58 valence electrons. The molecular weight excluding hydrogens is 144 g/mol. The molecule has 0 aromatic heterocycles. The van der Waals surface area contributed by atoms with E-state index in [9.17, 15) is 0 Å². The molecule has 2 N–H and O–H groups in total. The molecule has 1 fully saturated rings. The average molecular weight is 158 g/mol. The zero-order chi connectivity index (χ0) is 7.40. The quantitative estimate of drug-likeness (QED) is 0.578. The number of likely N-dealkylation sites (N-methyl/N-ethyl adjacent to an activating group) is 1. The van der Waals surface area contributed by atoms with Crippen molar-refractivity contribution in [3.63, 3.8) is 0 Å². The highest BCUT2D eigenvalue weighted by molar-refractivity contribution is 7.80. The van der Waals surface area contributed by atoms with E-state index < -0.39 is 0 Å². The Labute approximate surface area is 67.4 Å². The summed E-state index contributed by atoms with van der Waals surface area (Å²) in [5.41, 5.74) is 0. The lowest BCUT2D eigenvalue weighted by Gasteiger charge is -2.11. The summed E-state index contributed by atoms with van der Waals surface area (Å²) in [7, 11) is 0. The van der Waals surface area contributed by atoms with Gasteiger partial charge < -0.3 is 10.6 Å². The highest BCUT2D eigenvalue weighted by Gasteiger charge is 2.17. The van der Waals surface area contributed by atoms with Crippen LogP contribution in [0, 0.1) is 0 Å². The van der Waals surface area contributed by atoms with Crippen molar-refractivity contribution in [1.29, 1.82) is 0 Å². The zero-order valence-electron chi connectivity index (χ0n) is 6.31. The first-order valence-electron chi connectivity index (χ1n) is 3.85. The molecule has 1 heterocycles. The second kappa shape index (κ2) is 3.88. The Morgan fingerprint density at radius 3 is 3.10 bits per heavy atom. The van der Waals surface area contributed by atoms with E-state index in [0.29, 0.717) is 6.04 Å². The standard InChI is InChI=1S/C7H14N2S/c1-2-8-7(10)6-4-3-5-9-6/h6,9H,2-5H2,1H3,(H,8,10)/t6-/m0/s1. The van der Waals surface area contributed by atoms with Gasteiger partial charge in [-0.1, -0.05) is 12.2 Å². The fourth-order valence-electron chi connectivity index (χ4n) is 1.21. The first-order valence-corrected chi connectivity index (χ1v) is 4.26. The highest BCUT2D eigenvalue weighted by atomic mass is 32.1. The molecule has 0 aromatic rings. The predicted octanol–water partition coefficient (Wildman–Crippen LogP) is 0.675. The molecule has 0 radical (unpaired) electrons. The molecule has 1 saturated heterocycles. The van der Waals surface area contributed by atoms with Gasteiger partial charge in [-0.2, -0.15) is 0 Å². The van der Waals surface area contributed by atoms with Gasteiger partial charge in [0.2, 0.25) is 0 Å². The van der Waals surface area contributed by atoms with Crippen LogP contribution in [0.2, 0.25) is 0 Å². The van der Waals surface area contributed by atoms with Gasteiger partial charge >= 0.3 is 0 Å². The fraction of sp³-hybridized carbons (Fsp3) is 0.857. The smallest absolute Gasteiger partial charge is 0.0925 e. The number of hydrogen-bond donors (Lipinski definition) is 2. The normalized spacial score (nSPS) is 24.7. The van der Waals surface area contributed by atoms with E-state index in [2.05, 4.69) is 17.6 Å². The van der Waals surface area contributed by atoms with Gasteiger partial charge in [0.05, 0.1) is 11.0 Å². The highest BCUT2D eigenvalue weighted by Crippen LogP contribution is 2.05. The van der Waals surface area contributed by atoms with Gasteiger partial charge in [0.1, 0.15) is 0 Å². The van der Waals surface area contributed by atoms with E-state index in [4.69, 9.17) is 12.2 Å². The maximum atomic E-state index is 5.14. The van der Waals surface area contributed by atoms with E-state index in [1.165, 1.54) is 12.8 Å². The third-order valence-electron chi connectivity index (χ3n) is 1.73. The lowest BCUT2D eigenvalue weighted by molar-refractivity contribution is 0.741. The monoisotopic (exact) mass is 158 g/mol. The molecule has 10 heavy (non-hydrogen) atoms. The van der Waals surface area contributed by atoms with Gasteiger partial charge in [0, 0.05) is 6.54 Å². The lowest BCUT2D eigenvalue weighted by Crippen LogP contribution is -2.38. The van der Waals surface area contributed by atoms with Crippen molar-refractivity contribution in [2.24, 2.45) is 0 Å². The van der Waals surface area contributed by atoms with E-state index in [0.717, 1.165) is 18.1 Å². The minimum absolute atomic E-state index is 0.454. The molecular formula is C7H14N2S. The van der Waals surface area contributed by atoms with E-state index >= 15 is 0 Å². The summed E-state index contributed by atoms with van der Waals surface area (Å²) in [5.74, 6) is 0. The first-order chi connectivity index (χ1) is 4.84. The van der Waals surface area contributed by atoms with E-state index in [1.54, 1.807) is 0 Å². The van der Waals surface area contributed by atoms with Crippen LogP contribution in [-0.4, -0.2) is 24.1 Å². The molecule has 1 aliphatic heterocycles. The summed E-state index contributed by atoms with van der Waals surface area (Å²) in [4.78, 5) is 0.986. The Balaban J connectivity index is 2.25. The largest absolute Gasteiger partial charge is 0.379 e. The van der Waals surface area contributed by atoms with Crippen LogP contribution in [0.4, 0.5) is 0 Å². The number of rotatable bonds is 2. The van der Waals surface area contributed by atoms with Gasteiger partial charge in [-0.25, -0.2) is 0 Å². The maximum absolute atomic E-state index is 5.14. The summed E-state index contributed by atoms with van der Waals surface area (Å²) in [5, 5.41) is 6.49. The van der Waals surface area contributed by atoms with Gasteiger partial charge in [-0.3, -0.25) is 0 Å². The van der Waals surface area contributed by atoms with Crippen LogP contribution in [0.5, 0.6) is 0 Å². The number of hydrogen-bond acceptors (Lipinski definition) is 2. The maximum Gasteiger partial charge on any atom is 0.0925 e. The van der Waals surface area contributed by atoms with Crippen LogP contribution in [0.1, 0.15) is 19.8 Å². The van der Waals surface area contributed by atoms with Gasteiger partial charge in [-0.05, 0) is 26.3 Å². The van der Waals surface area contributed by atoms with Crippen molar-refractivity contribution in [2.75, 3.05) is 13.1 Å². The Morgan fingerprint density at radius 2 is 2.60 bits per heavy atom. The van der Waals surface area contributed by atoms with Crippen LogP contribution in [-0.2, 0) is 0 Å². The Bertz CT molecular complexity index is 119. The molecule has 2 nitrogen and oxygen atoms in total. The minimum Gasteiger partial charge on any atom is -0.379 e. The molecule has 3 heteroatoms. The number of nitrogens with one attached hydrogen (secondary N) is 2. The van der Waals surface area contributed by atoms with Crippen molar-refractivity contribution in [1.82, 2.24) is 10.6 Å². The first kappa shape index (κ1) is 7.95. The summed E-state index contributed by atoms with van der Waals surface area (Å²) in [6.07, 6.45) is 2.46. The van der Waals surface area contributed by atoms with Crippen molar-refractivity contribution in [3.8, 4) is 0 Å². The minimum atomic E-state index is 0.454. The Morgan fingerprint density at radius 1 is 1.80 bits per heavy atom. The lowest BCUT2D eigenvalue weighted by atomic mass is 10.2. The van der Waals surface area contributed by atoms with Crippen molar-refractivity contribution in [2.45, 2.75) is 25.8 Å². The summed E-state index contributed by atoms with van der Waals surface area (Å²) >= 11 is 5.14. The SMILES string of the molecule is CCNC(=S)[C@@H]1CCCN1. The molecule has 0 aliphatic carbocycles. The van der Waals surface area contributed by atoms with E-state index in [-0.39, 0.29) is 0 Å². The summed E-state index contributed by atoms with van der Waals surface area (Å²) in [6, 6.07) is 0.454. The molecule has 0 bridgehead atoms. The average Bonchev–Trinajstić information content (AvgIpc) is 2.38. The molecule has 0 aromatic carbocycles. The molecule has 1 aliphatic rings. The zero-order valence-corrected chi connectivity index (χ0v) is 7.13. The fourth-order valence-corrected chi connectivity index (χ4v) is 1.55. The Hall–Kier alpha value is -0.150. The van der Waals surface area contributed by atoms with E-state index in [1.807, 2.05) is 0 Å². The third-order valence-corrected chi connectivity index (χ3v) is 2.16. The van der Waals surface area contributed by atoms with Crippen LogP contribution < -0.4 is 10.6 Å².